The topological polar surface area (TPSA) is 29.1 Å². The van der Waals surface area contributed by atoms with Gasteiger partial charge in [-0.2, -0.15) is 0 Å². The Hall–Kier alpha value is -0.440. The summed E-state index contributed by atoms with van der Waals surface area (Å²) >= 11 is 4.06. The van der Waals surface area contributed by atoms with Gasteiger partial charge >= 0.3 is 0 Å². The van der Waals surface area contributed by atoms with Crippen LogP contribution in [0, 0.1) is 0 Å². The largest absolute Gasteiger partial charge is 0.317 e. The summed E-state index contributed by atoms with van der Waals surface area (Å²) in [5.41, 5.74) is 1.98. The van der Waals surface area contributed by atoms with Gasteiger partial charge in [0.2, 0.25) is 6.41 Å². The second kappa shape index (κ2) is 3.56. The third kappa shape index (κ3) is 3.56. The van der Waals surface area contributed by atoms with E-state index in [1.54, 1.807) is 0 Å². The molecule has 5 heavy (non-hydrogen) atoms. The van der Waals surface area contributed by atoms with Crippen molar-refractivity contribution in [3.63, 3.8) is 0 Å². The van der Waals surface area contributed by atoms with Crippen molar-refractivity contribution in [2.75, 3.05) is 0 Å². The summed E-state index contributed by atoms with van der Waals surface area (Å²) in [5.74, 6) is 0. The first-order valence-corrected chi connectivity index (χ1v) is 1.39. The van der Waals surface area contributed by atoms with Crippen molar-refractivity contribution in [1.29, 1.82) is 0 Å². The molecule has 27 valence electrons. The second-order valence-electron chi connectivity index (χ2n) is 0.364. The predicted molar refractivity (Wildman–Crippen MR) is 21.8 cm³/mol. The summed E-state index contributed by atoms with van der Waals surface area (Å²) in [4.78, 5) is 9.16. The summed E-state index contributed by atoms with van der Waals surface area (Å²) in [6, 6.07) is 0. The van der Waals surface area contributed by atoms with Crippen LogP contribution in [0.2, 0.25) is 0 Å². The minimum absolute atomic E-state index is 0.465. The maximum absolute atomic E-state index is 9.16. The second-order valence-corrected chi connectivity index (χ2v) is 0.568. The molecule has 3 heteroatoms. The molecular weight excluding hydrogens is 86.1 g/mol. The van der Waals surface area contributed by atoms with Crippen LogP contribution < -0.4 is 5.32 Å². The van der Waals surface area contributed by atoms with Crippen LogP contribution in [0.15, 0.2) is 0 Å². The number of carbonyl (C=O) groups excluding carboxylic acids is 1. The highest BCUT2D eigenvalue weighted by Gasteiger charge is 1.55. The first-order valence-electron chi connectivity index (χ1n) is 0.979. The van der Waals surface area contributed by atoms with Gasteiger partial charge < -0.3 is 5.32 Å². The van der Waals surface area contributed by atoms with Gasteiger partial charge in [-0.15, -0.1) is 0 Å². The Bertz CT molecular complexity index is 38.9. The lowest BCUT2D eigenvalue weighted by atomic mass is 11.2. The summed E-state index contributed by atoms with van der Waals surface area (Å²) in [6.45, 7) is 0. The van der Waals surface area contributed by atoms with E-state index in [1.807, 2.05) is 10.8 Å². The van der Waals surface area contributed by atoms with Crippen LogP contribution in [-0.2, 0) is 4.79 Å². The molecule has 0 fully saturated rings. The van der Waals surface area contributed by atoms with Gasteiger partial charge in [-0.3, -0.25) is 4.79 Å². The fourth-order valence-electron chi connectivity index (χ4n) is 0.0241. The lowest BCUT2D eigenvalue weighted by Crippen LogP contribution is -2.03. The molecule has 0 saturated carbocycles. The Balaban J connectivity index is 2.65. The van der Waals surface area contributed by atoms with Crippen LogP contribution in [0.1, 0.15) is 0 Å². The van der Waals surface area contributed by atoms with E-state index in [0.717, 1.165) is 0 Å². The van der Waals surface area contributed by atoms with Crippen LogP contribution in [0.3, 0.4) is 0 Å². The summed E-state index contributed by atoms with van der Waals surface area (Å²) in [7, 11) is 0. The van der Waals surface area contributed by atoms with Crippen LogP contribution >= 0.6 is 12.2 Å². The summed E-state index contributed by atoms with van der Waals surface area (Å²) < 4.78 is 0. The van der Waals surface area contributed by atoms with E-state index in [2.05, 4.69) is 12.2 Å². The fourth-order valence-corrected chi connectivity index (χ4v) is 0.0722. The summed E-state index contributed by atoms with van der Waals surface area (Å²) in [6.07, 6.45) is 0.465. The molecular formula is C2H2NOS. The first kappa shape index (κ1) is 4.56. The maximum Gasteiger partial charge on any atom is 0.212 e. The van der Waals surface area contributed by atoms with E-state index in [0.29, 0.717) is 6.41 Å². The molecule has 0 aliphatic heterocycles. The lowest BCUT2D eigenvalue weighted by molar-refractivity contribution is -0.108. The molecule has 0 aliphatic carbocycles. The van der Waals surface area contributed by atoms with E-state index in [9.17, 15) is 0 Å². The lowest BCUT2D eigenvalue weighted by Gasteiger charge is -1.66. The Labute approximate surface area is 35.2 Å². The minimum atomic E-state index is 0.465. The molecule has 0 unspecified atom stereocenters. The number of thiocarbonyl (C=S) groups is 1. The molecule has 0 aromatic rings. The minimum Gasteiger partial charge on any atom is -0.317 e. The molecule has 0 spiro atoms. The van der Waals surface area contributed by atoms with Gasteiger partial charge in [-0.25, -0.2) is 0 Å². The number of hydrogen-bond donors (Lipinski definition) is 1. The Kier molecular flexibility index (Phi) is 3.25. The third-order valence-electron chi connectivity index (χ3n) is 0.118. The molecule has 0 saturated heterocycles. The SMILES string of the molecule is O=CN[C]=S. The van der Waals surface area contributed by atoms with Crippen molar-refractivity contribution in [2.24, 2.45) is 0 Å². The highest BCUT2D eigenvalue weighted by atomic mass is 32.1. The molecule has 0 heterocycles. The van der Waals surface area contributed by atoms with E-state index in [-0.39, 0.29) is 0 Å². The molecule has 2 nitrogen and oxygen atoms in total. The molecule has 0 rings (SSSR count). The molecule has 0 bridgehead atoms. The van der Waals surface area contributed by atoms with Crippen LogP contribution in [-0.4, -0.2) is 11.9 Å². The molecule has 1 radical (unpaired) electrons. The maximum atomic E-state index is 9.16. The van der Waals surface area contributed by atoms with E-state index >= 15 is 0 Å². The van der Waals surface area contributed by atoms with Crippen molar-refractivity contribution < 1.29 is 4.79 Å². The molecule has 0 aliphatic rings. The van der Waals surface area contributed by atoms with Crippen molar-refractivity contribution in [3.8, 4) is 0 Å². The normalized spacial score (nSPS) is 5.60. The van der Waals surface area contributed by atoms with E-state index < -0.39 is 0 Å². The fraction of sp³-hybridized carbons (Fsp3) is 0. The smallest absolute Gasteiger partial charge is 0.212 e. The number of hydrogen-bond acceptors (Lipinski definition) is 2. The Morgan fingerprint density at radius 1 is 2.00 bits per heavy atom. The van der Waals surface area contributed by atoms with Gasteiger partial charge in [0, 0.05) is 0 Å². The molecule has 0 aromatic heterocycles. The highest BCUT2D eigenvalue weighted by molar-refractivity contribution is 7.78. The van der Waals surface area contributed by atoms with Crippen molar-refractivity contribution in [3.05, 3.63) is 0 Å². The van der Waals surface area contributed by atoms with Gasteiger partial charge in [-0.1, -0.05) is 12.2 Å². The average Bonchev–Trinajstić information content (AvgIpc) is 1.41. The van der Waals surface area contributed by atoms with Crippen LogP contribution in [0.5, 0.6) is 0 Å². The molecule has 0 atom stereocenters. The zero-order valence-electron chi connectivity index (χ0n) is 2.39. The monoisotopic (exact) mass is 88.0 g/mol. The van der Waals surface area contributed by atoms with Gasteiger partial charge in [0.15, 0.2) is 0 Å². The predicted octanol–water partition coefficient (Wildman–Crippen LogP) is -0.433. The zero-order valence-corrected chi connectivity index (χ0v) is 3.21. The van der Waals surface area contributed by atoms with E-state index in [1.165, 1.54) is 0 Å². The molecule has 1 N–H and O–H groups in total. The van der Waals surface area contributed by atoms with Crippen LogP contribution in [0.25, 0.3) is 0 Å². The van der Waals surface area contributed by atoms with Gasteiger partial charge in [-0.05, 0) is 0 Å². The third-order valence-corrected chi connectivity index (χ3v) is 0.236. The highest BCUT2D eigenvalue weighted by Crippen LogP contribution is 1.31. The van der Waals surface area contributed by atoms with Gasteiger partial charge in [0.1, 0.15) is 5.49 Å². The van der Waals surface area contributed by atoms with Gasteiger partial charge in [0.25, 0.3) is 0 Å². The average molecular weight is 88.1 g/mol. The number of carbonyl (C=O) groups is 1. The van der Waals surface area contributed by atoms with Gasteiger partial charge in [0.05, 0.1) is 0 Å². The number of rotatable bonds is 2. The van der Waals surface area contributed by atoms with Crippen LogP contribution in [0.4, 0.5) is 0 Å². The zero-order chi connectivity index (χ0) is 4.12. The van der Waals surface area contributed by atoms with E-state index in [4.69, 9.17) is 4.79 Å². The van der Waals surface area contributed by atoms with Crippen molar-refractivity contribution >= 4 is 24.1 Å². The summed E-state index contributed by atoms with van der Waals surface area (Å²) in [5, 5.41) is 2.00. The Morgan fingerprint density at radius 2 is 2.60 bits per heavy atom. The molecule has 1 amide bonds. The standard InChI is InChI=1S/C2H2NOS/c4-1-3-2-5/h1H,(H,3,4,5). The quantitative estimate of drug-likeness (QED) is 0.282. The van der Waals surface area contributed by atoms with Crippen molar-refractivity contribution in [2.45, 2.75) is 0 Å². The number of amides is 1. The Morgan fingerprint density at radius 3 is 2.60 bits per heavy atom. The molecule has 0 aromatic carbocycles. The van der Waals surface area contributed by atoms with Crippen molar-refractivity contribution in [1.82, 2.24) is 5.32 Å². The number of nitrogens with one attached hydrogen (secondary N) is 1. The first-order chi connectivity index (χ1) is 2.41.